The van der Waals surface area contributed by atoms with Gasteiger partial charge in [-0.15, -0.1) is 0 Å². The lowest BCUT2D eigenvalue weighted by Crippen LogP contribution is -2.19. The van der Waals surface area contributed by atoms with E-state index in [1.807, 2.05) is 49.6 Å². The fourth-order valence-electron chi connectivity index (χ4n) is 2.39. The van der Waals surface area contributed by atoms with E-state index < -0.39 is 0 Å². The number of anilines is 2. The number of carbonyl (C=O) groups excluding carboxylic acids is 1. The summed E-state index contributed by atoms with van der Waals surface area (Å²) in [5, 5.41) is 10.0. The van der Waals surface area contributed by atoms with Crippen molar-refractivity contribution in [2.24, 2.45) is 7.05 Å². The summed E-state index contributed by atoms with van der Waals surface area (Å²) in [4.78, 5) is 12.2. The standard InChI is InChI=1S/C18H17BrN4O2/c1-23-11-16(19)17(22-23)12-5-3-6-13(9-12)20-18(24)21-14-7-4-8-15(10-14)25-2/h3-11H,1-2H3,(H2,20,21,24). The van der Waals surface area contributed by atoms with Gasteiger partial charge in [-0.05, 0) is 40.2 Å². The molecule has 0 aliphatic heterocycles. The number of hydrogen-bond donors (Lipinski definition) is 2. The van der Waals surface area contributed by atoms with E-state index in [0.717, 1.165) is 15.7 Å². The molecule has 6 nitrogen and oxygen atoms in total. The molecule has 0 saturated carbocycles. The number of aromatic nitrogens is 2. The Hall–Kier alpha value is -2.80. The number of aryl methyl sites for hydroxylation is 1. The van der Waals surface area contributed by atoms with Crippen LogP contribution < -0.4 is 15.4 Å². The van der Waals surface area contributed by atoms with Crippen molar-refractivity contribution < 1.29 is 9.53 Å². The molecule has 0 radical (unpaired) electrons. The molecule has 2 N–H and O–H groups in total. The number of nitrogens with zero attached hydrogens (tertiary/aromatic N) is 2. The largest absolute Gasteiger partial charge is 0.497 e. The Bertz CT molecular complexity index is 908. The normalized spacial score (nSPS) is 10.4. The average molecular weight is 401 g/mol. The van der Waals surface area contributed by atoms with Crippen LogP contribution in [0.5, 0.6) is 5.75 Å². The van der Waals surface area contributed by atoms with E-state index >= 15 is 0 Å². The summed E-state index contributed by atoms with van der Waals surface area (Å²) in [6.07, 6.45) is 1.88. The highest BCUT2D eigenvalue weighted by Gasteiger charge is 2.09. The molecule has 0 saturated heterocycles. The van der Waals surface area contributed by atoms with Crippen LogP contribution >= 0.6 is 15.9 Å². The predicted octanol–water partition coefficient (Wildman–Crippen LogP) is 4.50. The minimum Gasteiger partial charge on any atom is -0.497 e. The van der Waals surface area contributed by atoms with Gasteiger partial charge in [0.15, 0.2) is 0 Å². The Morgan fingerprint density at radius 3 is 2.44 bits per heavy atom. The van der Waals surface area contributed by atoms with Crippen molar-refractivity contribution in [3.63, 3.8) is 0 Å². The van der Waals surface area contributed by atoms with Crippen LogP contribution in [0.2, 0.25) is 0 Å². The highest BCUT2D eigenvalue weighted by atomic mass is 79.9. The number of ether oxygens (including phenoxy) is 1. The fourth-order valence-corrected chi connectivity index (χ4v) is 3.00. The first-order valence-corrected chi connectivity index (χ1v) is 8.36. The summed E-state index contributed by atoms with van der Waals surface area (Å²) in [6, 6.07) is 14.4. The number of urea groups is 1. The molecule has 0 fully saturated rings. The lowest BCUT2D eigenvalue weighted by atomic mass is 10.1. The van der Waals surface area contributed by atoms with Crippen LogP contribution in [0.1, 0.15) is 0 Å². The Balaban J connectivity index is 1.73. The number of methoxy groups -OCH3 is 1. The number of rotatable bonds is 4. The second-order valence-electron chi connectivity index (χ2n) is 5.39. The van der Waals surface area contributed by atoms with Gasteiger partial charge >= 0.3 is 6.03 Å². The van der Waals surface area contributed by atoms with Crippen molar-refractivity contribution in [3.8, 4) is 17.0 Å². The maximum absolute atomic E-state index is 12.2. The van der Waals surface area contributed by atoms with Crippen molar-refractivity contribution in [1.82, 2.24) is 9.78 Å². The molecule has 0 bridgehead atoms. The molecule has 1 heterocycles. The van der Waals surface area contributed by atoms with E-state index in [0.29, 0.717) is 17.1 Å². The van der Waals surface area contributed by atoms with Gasteiger partial charge in [-0.1, -0.05) is 18.2 Å². The summed E-state index contributed by atoms with van der Waals surface area (Å²) in [5.74, 6) is 0.680. The highest BCUT2D eigenvalue weighted by Crippen LogP contribution is 2.28. The molecule has 0 aliphatic rings. The smallest absolute Gasteiger partial charge is 0.323 e. The third-order valence-electron chi connectivity index (χ3n) is 3.51. The zero-order valence-electron chi connectivity index (χ0n) is 13.8. The van der Waals surface area contributed by atoms with Crippen molar-refractivity contribution in [3.05, 3.63) is 59.2 Å². The van der Waals surface area contributed by atoms with Gasteiger partial charge in [-0.2, -0.15) is 5.10 Å². The summed E-state index contributed by atoms with van der Waals surface area (Å²) in [5.41, 5.74) is 3.06. The molecule has 2 amide bonds. The summed E-state index contributed by atoms with van der Waals surface area (Å²) < 4.78 is 7.77. The van der Waals surface area contributed by atoms with Gasteiger partial charge < -0.3 is 15.4 Å². The number of benzene rings is 2. The van der Waals surface area contributed by atoms with Gasteiger partial charge in [0, 0.05) is 36.2 Å². The van der Waals surface area contributed by atoms with E-state index in [9.17, 15) is 4.79 Å². The van der Waals surface area contributed by atoms with Crippen LogP contribution in [-0.4, -0.2) is 22.9 Å². The van der Waals surface area contributed by atoms with E-state index in [1.54, 1.807) is 23.9 Å². The number of amides is 2. The molecule has 7 heteroatoms. The molecule has 0 aliphatic carbocycles. The molecule has 0 atom stereocenters. The van der Waals surface area contributed by atoms with Crippen LogP contribution in [0.3, 0.4) is 0 Å². The number of nitrogens with one attached hydrogen (secondary N) is 2. The Labute approximate surface area is 153 Å². The monoisotopic (exact) mass is 400 g/mol. The molecule has 0 spiro atoms. The predicted molar refractivity (Wildman–Crippen MR) is 102 cm³/mol. The van der Waals surface area contributed by atoms with Gasteiger partial charge in [-0.25, -0.2) is 4.79 Å². The van der Waals surface area contributed by atoms with E-state index in [-0.39, 0.29) is 6.03 Å². The van der Waals surface area contributed by atoms with Crippen LogP contribution in [0.15, 0.2) is 59.2 Å². The van der Waals surface area contributed by atoms with E-state index in [1.165, 1.54) is 0 Å². The first-order valence-electron chi connectivity index (χ1n) is 7.57. The number of hydrogen-bond acceptors (Lipinski definition) is 3. The molecule has 1 aromatic heterocycles. The van der Waals surface area contributed by atoms with Crippen LogP contribution in [0.4, 0.5) is 16.2 Å². The molecule has 25 heavy (non-hydrogen) atoms. The Morgan fingerprint density at radius 1 is 1.12 bits per heavy atom. The van der Waals surface area contributed by atoms with Gasteiger partial charge in [0.05, 0.1) is 11.6 Å². The molecular formula is C18H17BrN4O2. The minimum atomic E-state index is -0.328. The Morgan fingerprint density at radius 2 is 1.80 bits per heavy atom. The molecule has 0 unspecified atom stereocenters. The van der Waals surface area contributed by atoms with Crippen molar-refractivity contribution in [2.45, 2.75) is 0 Å². The zero-order valence-corrected chi connectivity index (χ0v) is 15.4. The van der Waals surface area contributed by atoms with Gasteiger partial charge in [0.2, 0.25) is 0 Å². The summed E-state index contributed by atoms with van der Waals surface area (Å²) in [7, 11) is 3.44. The summed E-state index contributed by atoms with van der Waals surface area (Å²) >= 11 is 3.49. The first-order chi connectivity index (χ1) is 12.0. The second kappa shape index (κ2) is 7.40. The average Bonchev–Trinajstić information content (AvgIpc) is 2.93. The lowest BCUT2D eigenvalue weighted by molar-refractivity contribution is 0.262. The van der Waals surface area contributed by atoms with Crippen molar-refractivity contribution >= 4 is 33.3 Å². The Kier molecular flexibility index (Phi) is 5.04. The number of halogens is 1. The van der Waals surface area contributed by atoms with Crippen LogP contribution in [0, 0.1) is 0 Å². The van der Waals surface area contributed by atoms with E-state index in [4.69, 9.17) is 4.74 Å². The topological polar surface area (TPSA) is 68.2 Å². The third kappa shape index (κ3) is 4.19. The quantitative estimate of drug-likeness (QED) is 0.677. The zero-order chi connectivity index (χ0) is 17.8. The minimum absolute atomic E-state index is 0.328. The maximum Gasteiger partial charge on any atom is 0.323 e. The molecular weight excluding hydrogens is 384 g/mol. The van der Waals surface area contributed by atoms with Gasteiger partial charge in [-0.3, -0.25) is 4.68 Å². The van der Waals surface area contributed by atoms with Gasteiger partial charge in [0.25, 0.3) is 0 Å². The highest BCUT2D eigenvalue weighted by molar-refractivity contribution is 9.10. The molecule has 3 rings (SSSR count). The number of carbonyl (C=O) groups is 1. The van der Waals surface area contributed by atoms with Crippen molar-refractivity contribution in [2.75, 3.05) is 17.7 Å². The van der Waals surface area contributed by atoms with Crippen LogP contribution in [0.25, 0.3) is 11.3 Å². The lowest BCUT2D eigenvalue weighted by Gasteiger charge is -2.09. The second-order valence-corrected chi connectivity index (χ2v) is 6.25. The molecule has 2 aromatic carbocycles. The fraction of sp³-hybridized carbons (Fsp3) is 0.111. The first kappa shape index (κ1) is 17.0. The SMILES string of the molecule is COc1cccc(NC(=O)Nc2cccc(-c3nn(C)cc3Br)c2)c1. The van der Waals surface area contributed by atoms with Gasteiger partial charge in [0.1, 0.15) is 11.4 Å². The van der Waals surface area contributed by atoms with Crippen molar-refractivity contribution in [1.29, 1.82) is 0 Å². The molecule has 128 valence electrons. The van der Waals surface area contributed by atoms with E-state index in [2.05, 4.69) is 31.7 Å². The third-order valence-corrected chi connectivity index (χ3v) is 4.09. The maximum atomic E-state index is 12.2. The summed E-state index contributed by atoms with van der Waals surface area (Å²) in [6.45, 7) is 0. The molecule has 3 aromatic rings. The van der Waals surface area contributed by atoms with Crippen LogP contribution in [-0.2, 0) is 7.05 Å².